The second-order valence-corrected chi connectivity index (χ2v) is 12.6. The molecule has 1 N–H and O–H groups in total. The van der Waals surface area contributed by atoms with Gasteiger partial charge >= 0.3 is 75.0 Å². The van der Waals surface area contributed by atoms with Crippen LogP contribution in [0.5, 0.6) is 5.75 Å². The normalized spacial score (nSPS) is 13.1. The van der Waals surface area contributed by atoms with Crippen LogP contribution in [-0.4, -0.2) is 57.6 Å². The van der Waals surface area contributed by atoms with Crippen molar-refractivity contribution >= 4 is 22.1 Å². The van der Waals surface area contributed by atoms with E-state index in [1.54, 1.807) is 0 Å². The number of sulfonamides is 1. The molecule has 11 heteroatoms. The Balaban J connectivity index is 0.00000506. The number of unbranched alkanes of at least 4 members (excludes halogenated alkanes) is 1. The number of carboxylic acid groups (broad SMARTS) is 1. The molecule has 3 aromatic rings. The minimum Gasteiger partial charge on any atom is -0.548 e. The van der Waals surface area contributed by atoms with Crippen LogP contribution in [0.1, 0.15) is 50.2 Å². The van der Waals surface area contributed by atoms with Gasteiger partial charge < -0.3 is 24.7 Å². The molecule has 1 atom stereocenters. The molecule has 0 aromatic heterocycles. The number of methoxy groups -OCH3 is 1. The zero-order chi connectivity index (χ0) is 30.3. The van der Waals surface area contributed by atoms with E-state index in [1.165, 1.54) is 31.4 Å². The molecule has 0 saturated carbocycles. The molecule has 43 heavy (non-hydrogen) atoms. The topological polar surface area (TPSA) is 125 Å². The Labute approximate surface area is 312 Å². The van der Waals surface area contributed by atoms with Crippen LogP contribution >= 0.6 is 0 Å². The number of rotatable bonds is 14. The molecular weight excluding hydrogens is 689 g/mol. The van der Waals surface area contributed by atoms with E-state index in [9.17, 15) is 23.1 Å². The number of fused-ring (bicyclic) bond motifs is 3. The van der Waals surface area contributed by atoms with E-state index in [4.69, 9.17) is 9.47 Å². The predicted molar refractivity (Wildman–Crippen MR) is 157 cm³/mol. The summed E-state index contributed by atoms with van der Waals surface area (Å²) in [6.45, 7) is 4.11. The number of nitrogens with zero attached hydrogens (tertiary/aromatic N) is 1. The van der Waals surface area contributed by atoms with Crippen LogP contribution in [-0.2, 0) is 19.6 Å². The summed E-state index contributed by atoms with van der Waals surface area (Å²) in [7, 11) is -2.64. The van der Waals surface area contributed by atoms with Gasteiger partial charge in [-0.15, -0.1) is 0 Å². The van der Waals surface area contributed by atoms with Gasteiger partial charge in [0, 0.05) is 19.0 Å². The van der Waals surface area contributed by atoms with E-state index in [1.807, 2.05) is 50.2 Å². The van der Waals surface area contributed by atoms with Crippen LogP contribution in [0.4, 0.5) is 4.79 Å². The van der Waals surface area contributed by atoms with E-state index < -0.39 is 28.1 Å². The van der Waals surface area contributed by atoms with Crippen LogP contribution in [0.2, 0.25) is 0 Å². The van der Waals surface area contributed by atoms with Gasteiger partial charge in [0.1, 0.15) is 12.4 Å². The average Bonchev–Trinajstić information content (AvgIpc) is 3.30. The first kappa shape index (κ1) is 35.6. The molecule has 0 radical (unpaired) electrons. The minimum atomic E-state index is -4.11. The van der Waals surface area contributed by atoms with Crippen LogP contribution in [0.3, 0.4) is 0 Å². The van der Waals surface area contributed by atoms with Crippen molar-refractivity contribution in [1.82, 2.24) is 9.62 Å². The summed E-state index contributed by atoms with van der Waals surface area (Å²) in [5.41, 5.74) is 4.53. The molecule has 1 aliphatic rings. The summed E-state index contributed by atoms with van der Waals surface area (Å²) in [6, 6.07) is 20.6. The van der Waals surface area contributed by atoms with E-state index >= 15 is 0 Å². The van der Waals surface area contributed by atoms with Gasteiger partial charge in [-0.25, -0.2) is 13.2 Å². The van der Waals surface area contributed by atoms with Gasteiger partial charge in [0.2, 0.25) is 10.0 Å². The number of benzene rings is 3. The van der Waals surface area contributed by atoms with Crippen LogP contribution in [0.15, 0.2) is 77.7 Å². The third kappa shape index (κ3) is 8.88. The summed E-state index contributed by atoms with van der Waals surface area (Å²) < 4.78 is 38.6. The second kappa shape index (κ2) is 16.5. The number of carboxylic acids is 1. The van der Waals surface area contributed by atoms with Crippen LogP contribution in [0, 0.1) is 5.92 Å². The Kier molecular flexibility index (Phi) is 13.6. The number of alkyl carbamates (subject to hydrolysis) is 1. The van der Waals surface area contributed by atoms with Crippen molar-refractivity contribution in [2.75, 3.05) is 26.8 Å². The zero-order valence-corrected chi connectivity index (χ0v) is 32.2. The number of ether oxygens (including phenoxy) is 2. The second-order valence-electron chi connectivity index (χ2n) is 10.7. The molecule has 224 valence electrons. The van der Waals surface area contributed by atoms with Crippen molar-refractivity contribution in [1.29, 1.82) is 0 Å². The summed E-state index contributed by atoms with van der Waals surface area (Å²) in [5, 5.41) is 14.9. The Hall–Kier alpha value is -1.84. The summed E-state index contributed by atoms with van der Waals surface area (Å²) >= 11 is 0. The Morgan fingerprint density at radius 3 is 2.05 bits per heavy atom. The van der Waals surface area contributed by atoms with E-state index in [0.717, 1.165) is 26.6 Å². The molecule has 3 aromatic carbocycles. The van der Waals surface area contributed by atoms with E-state index in [0.29, 0.717) is 18.6 Å². The molecule has 1 amide bonds. The number of carbonyl (C=O) groups is 2. The fourth-order valence-electron chi connectivity index (χ4n) is 5.32. The van der Waals surface area contributed by atoms with Crippen molar-refractivity contribution in [2.45, 2.75) is 50.0 Å². The molecule has 0 heterocycles. The molecule has 0 fully saturated rings. The minimum absolute atomic E-state index is 0. The van der Waals surface area contributed by atoms with Crippen LogP contribution < -0.4 is 84.1 Å². The first-order chi connectivity index (χ1) is 20.1. The van der Waals surface area contributed by atoms with E-state index in [-0.39, 0.29) is 112 Å². The Morgan fingerprint density at radius 1 is 0.930 bits per heavy atom. The SMILES string of the molecule is COc1ccc(S(=O)(=O)N(CC(C)C)[C@@H](CCCCNC(=O)OCC2c3ccccc3-c3ccccc32)C(=O)[O-])cc1.[Cs+]. The van der Waals surface area contributed by atoms with E-state index in [2.05, 4.69) is 17.4 Å². The van der Waals surface area contributed by atoms with Gasteiger partial charge in [0.05, 0.1) is 24.0 Å². The fourth-order valence-corrected chi connectivity index (χ4v) is 7.09. The molecule has 9 nitrogen and oxygen atoms in total. The summed E-state index contributed by atoms with van der Waals surface area (Å²) in [4.78, 5) is 24.6. The molecule has 0 saturated heterocycles. The average molecular weight is 727 g/mol. The number of amides is 1. The maximum absolute atomic E-state index is 13.4. The maximum Gasteiger partial charge on any atom is 1.00 e. The number of nitrogens with one attached hydrogen (secondary N) is 1. The Bertz CT molecular complexity index is 1450. The molecule has 4 rings (SSSR count). The molecule has 0 bridgehead atoms. The summed E-state index contributed by atoms with van der Waals surface area (Å²) in [6.07, 6.45) is 0.273. The standard InChI is InChI=1S/C32H38N2O7S.Cs/c1-22(2)20-34(42(38,39)24-17-15-23(40-3)16-18-24)30(31(35)36)14-8-9-19-33-32(37)41-21-29-27-12-6-4-10-25(27)26-11-5-7-13-28(26)29;/h4-7,10-13,15-18,22,29-30H,8-9,14,19-21H2,1-3H3,(H,33,37)(H,35,36);/q;+1/p-1/t30-;/m0./s1. The van der Waals surface area contributed by atoms with Gasteiger partial charge in [-0.1, -0.05) is 62.4 Å². The van der Waals surface area contributed by atoms with Gasteiger partial charge in [-0.05, 0) is 71.7 Å². The quantitative estimate of drug-likeness (QED) is 0.248. The molecular formula is C32H37CsN2O7S. The number of aliphatic carboxylic acids is 1. The number of hydrogen-bond donors (Lipinski definition) is 1. The fraction of sp³-hybridized carbons (Fsp3) is 0.375. The third-order valence-electron chi connectivity index (χ3n) is 7.35. The van der Waals surface area contributed by atoms with Crippen molar-refractivity contribution < 1.29 is 101 Å². The maximum atomic E-state index is 13.4. The molecule has 0 unspecified atom stereocenters. The molecule has 0 aliphatic heterocycles. The third-order valence-corrected chi connectivity index (χ3v) is 9.24. The summed E-state index contributed by atoms with van der Waals surface area (Å²) in [5.74, 6) is -1.14. The molecule has 1 aliphatic carbocycles. The molecule has 0 spiro atoms. The number of carbonyl (C=O) groups excluding carboxylic acids is 2. The Morgan fingerprint density at radius 2 is 1.51 bits per heavy atom. The first-order valence-corrected chi connectivity index (χ1v) is 15.5. The smallest absolute Gasteiger partial charge is 0.548 e. The van der Waals surface area contributed by atoms with Crippen LogP contribution in [0.25, 0.3) is 11.1 Å². The van der Waals surface area contributed by atoms with Gasteiger partial charge in [0.25, 0.3) is 0 Å². The van der Waals surface area contributed by atoms with Gasteiger partial charge in [-0.3, -0.25) is 0 Å². The van der Waals surface area contributed by atoms with Crippen molar-refractivity contribution in [3.8, 4) is 16.9 Å². The van der Waals surface area contributed by atoms with Crippen molar-refractivity contribution in [2.24, 2.45) is 5.92 Å². The monoisotopic (exact) mass is 726 g/mol. The number of hydrogen-bond acceptors (Lipinski definition) is 7. The zero-order valence-electron chi connectivity index (χ0n) is 25.1. The first-order valence-electron chi connectivity index (χ1n) is 14.1. The van der Waals surface area contributed by atoms with Gasteiger partial charge in [0.15, 0.2) is 0 Å². The largest absolute Gasteiger partial charge is 1.00 e. The predicted octanol–water partition coefficient (Wildman–Crippen LogP) is 1.17. The van der Waals surface area contributed by atoms with Crippen molar-refractivity contribution in [3.05, 3.63) is 83.9 Å². The van der Waals surface area contributed by atoms with Gasteiger partial charge in [-0.2, -0.15) is 4.31 Å². The van der Waals surface area contributed by atoms with Crippen molar-refractivity contribution in [3.63, 3.8) is 0 Å².